The second-order valence-corrected chi connectivity index (χ2v) is 34.5. The van der Waals surface area contributed by atoms with E-state index in [4.69, 9.17) is 9.98 Å². The van der Waals surface area contributed by atoms with Crippen molar-refractivity contribution >= 4 is 23.8 Å². The van der Waals surface area contributed by atoms with Crippen molar-refractivity contribution in [3.8, 4) is 0 Å². The van der Waals surface area contributed by atoms with Crippen LogP contribution in [0.25, 0.3) is 0 Å². The molecule has 12 aliphatic carbocycles. The van der Waals surface area contributed by atoms with E-state index >= 15 is 0 Å². The molecule has 0 amide bonds. The van der Waals surface area contributed by atoms with Crippen molar-refractivity contribution in [2.75, 3.05) is 0 Å². The van der Waals surface area contributed by atoms with Crippen molar-refractivity contribution < 1.29 is 0 Å². The van der Waals surface area contributed by atoms with Crippen LogP contribution in [-0.4, -0.2) is 12.4 Å². The van der Waals surface area contributed by atoms with Crippen LogP contribution in [0.4, 0.5) is 11.4 Å². The van der Waals surface area contributed by atoms with E-state index < -0.39 is 21.7 Å². The lowest BCUT2D eigenvalue weighted by molar-refractivity contribution is 0.530. The molecule has 0 fully saturated rings. The second-order valence-electron chi connectivity index (χ2n) is 34.5. The van der Waals surface area contributed by atoms with Crippen LogP contribution in [0.2, 0.25) is 0 Å². The van der Waals surface area contributed by atoms with Gasteiger partial charge in [0.2, 0.25) is 0 Å². The second kappa shape index (κ2) is 23.0. The summed E-state index contributed by atoms with van der Waals surface area (Å²) in [5.41, 5.74) is 40.6. The molecule has 14 aromatic rings. The summed E-state index contributed by atoms with van der Waals surface area (Å²) in [5, 5.41) is 0. The SMILES string of the molecule is CC(C)(C)c1cc(CC23c4ccccc4C(c4ccccc42)c2ccccc23)c(N=CC=Nc2c(CC34c5ccccc5C(c5ccccc53)c3ccccc34)cc(C(C)(C)C)cc2CC23c4ccccc4C(c4ccccc42)c2ccccc23)c(CC23c4ccccc4C(c4ccccc42)c2ccccc23)c1. The van der Waals surface area contributed by atoms with Gasteiger partial charge < -0.3 is 0 Å². The third kappa shape index (κ3) is 8.50. The van der Waals surface area contributed by atoms with Crippen LogP contribution in [-0.2, 0) is 58.2 Å². The molecule has 26 rings (SSSR count). The van der Waals surface area contributed by atoms with E-state index in [0.717, 1.165) is 11.4 Å². The summed E-state index contributed by atoms with van der Waals surface area (Å²) in [4.78, 5) is 12.4. The van der Waals surface area contributed by atoms with Gasteiger partial charge in [0.05, 0.1) is 33.0 Å². The minimum Gasteiger partial charge on any atom is -0.255 e. The average molecular weight is 1390 g/mol. The maximum absolute atomic E-state index is 6.19. The quantitative estimate of drug-likeness (QED) is 0.115. The fourth-order valence-electron chi connectivity index (χ4n) is 23.2. The fraction of sp³-hybridized carbons (Fsp3) is 0.189. The number of benzene rings is 14. The Morgan fingerprint density at radius 3 is 0.500 bits per heavy atom. The molecule has 2 heteroatoms. The standard InChI is InChI=1S/C106H84N2/c1-101(2,3)69-57-65(61-103-83-43-19-7-31-71(83)95(72-32-8-20-44-84(72)103)73-33-9-21-45-85(73)103)99(66(58-69)62-104-86-46-22-10-34-74(86)96(75-35-11-23-47-87(75)104)76-36-12-24-48-88(76)104)107-55-56-108-100-67(63-105-89-49-25-13-37-77(89)97(78-38-14-26-50-90(78)105)79-39-15-27-51-91(79)105)59-70(102(4,5)6)60-68(100)64-106-92-52-28-16-40-80(92)98(81-41-17-29-53-93(81)106)82-42-18-30-54-94(82)106/h7-60,95-98H,61-64H2,1-6H3. The van der Waals surface area contributed by atoms with Gasteiger partial charge in [-0.1, -0.05) is 357 Å². The Balaban J connectivity index is 0.809. The van der Waals surface area contributed by atoms with Crippen molar-refractivity contribution in [3.63, 3.8) is 0 Å². The van der Waals surface area contributed by atoms with Gasteiger partial charge in [-0.25, -0.2) is 0 Å². The van der Waals surface area contributed by atoms with Gasteiger partial charge in [0.25, 0.3) is 0 Å². The molecule has 0 saturated carbocycles. The van der Waals surface area contributed by atoms with Gasteiger partial charge in [0.15, 0.2) is 0 Å². The van der Waals surface area contributed by atoms with Gasteiger partial charge in [0, 0.05) is 36.1 Å². The van der Waals surface area contributed by atoms with E-state index in [-0.39, 0.29) is 34.5 Å². The van der Waals surface area contributed by atoms with E-state index in [1.165, 1.54) is 167 Å². The van der Waals surface area contributed by atoms with Crippen LogP contribution in [0.1, 0.15) is 232 Å². The molecular formula is C106H84N2. The molecule has 14 aromatic carbocycles. The lowest BCUT2D eigenvalue weighted by Crippen LogP contribution is -2.44. The number of rotatable bonds is 11. The summed E-state index contributed by atoms with van der Waals surface area (Å²) in [7, 11) is 0. The van der Waals surface area contributed by atoms with Crippen LogP contribution >= 0.6 is 0 Å². The summed E-state index contributed by atoms with van der Waals surface area (Å²) in [5.74, 6) is 0.584. The highest BCUT2D eigenvalue weighted by Gasteiger charge is 2.57. The molecule has 0 atom stereocenters. The van der Waals surface area contributed by atoms with Crippen molar-refractivity contribution in [1.82, 2.24) is 0 Å². The zero-order chi connectivity index (χ0) is 72.2. The van der Waals surface area contributed by atoms with Gasteiger partial charge in [0.1, 0.15) is 0 Å². The van der Waals surface area contributed by atoms with E-state index in [1.54, 1.807) is 0 Å². The highest BCUT2D eigenvalue weighted by atomic mass is 14.8. The topological polar surface area (TPSA) is 24.7 Å². The Morgan fingerprint density at radius 1 is 0.222 bits per heavy atom. The average Bonchev–Trinajstić information content (AvgIpc) is 0.689. The fourth-order valence-corrected chi connectivity index (χ4v) is 23.2. The van der Waals surface area contributed by atoms with Crippen LogP contribution in [0.15, 0.2) is 325 Å². The van der Waals surface area contributed by atoms with Gasteiger partial charge in [-0.3, -0.25) is 9.98 Å². The number of aliphatic imine (C=N–C) groups is 2. The van der Waals surface area contributed by atoms with Crippen molar-refractivity contribution in [2.45, 2.75) is 123 Å². The molecule has 0 N–H and O–H groups in total. The van der Waals surface area contributed by atoms with Crippen LogP contribution in [0, 0.1) is 0 Å². The molecular weight excluding hydrogens is 1300 g/mol. The molecule has 2 nitrogen and oxygen atoms in total. The van der Waals surface area contributed by atoms with Crippen molar-refractivity contribution in [3.05, 3.63) is 482 Å². The Morgan fingerprint density at radius 2 is 0.361 bits per heavy atom. The van der Waals surface area contributed by atoms with E-state index in [1.807, 2.05) is 0 Å². The summed E-state index contributed by atoms with van der Waals surface area (Å²) in [6.45, 7) is 14.4. The number of hydrogen-bond donors (Lipinski definition) is 0. The summed E-state index contributed by atoms with van der Waals surface area (Å²) >= 11 is 0. The predicted octanol–water partition coefficient (Wildman–Crippen LogP) is 23.9. The molecule has 0 radical (unpaired) electrons. The van der Waals surface area contributed by atoms with Gasteiger partial charge >= 0.3 is 0 Å². The Hall–Kier alpha value is -11.6. The first kappa shape index (κ1) is 63.7. The minimum atomic E-state index is -0.530. The van der Waals surface area contributed by atoms with Crippen molar-refractivity contribution in [1.29, 1.82) is 0 Å². The summed E-state index contributed by atoms with van der Waals surface area (Å²) in [6.07, 6.45) is 7.02. The maximum Gasteiger partial charge on any atom is 0.0695 e. The van der Waals surface area contributed by atoms with Crippen LogP contribution in [0.3, 0.4) is 0 Å². The lowest BCUT2D eigenvalue weighted by atomic mass is 9.50. The third-order valence-corrected chi connectivity index (χ3v) is 27.3. The predicted molar refractivity (Wildman–Crippen MR) is 442 cm³/mol. The minimum absolute atomic E-state index is 0.146. The summed E-state index contributed by atoms with van der Waals surface area (Å²) < 4.78 is 0. The molecule has 0 heterocycles. The van der Waals surface area contributed by atoms with E-state index in [9.17, 15) is 0 Å². The smallest absolute Gasteiger partial charge is 0.0695 e. The van der Waals surface area contributed by atoms with Crippen molar-refractivity contribution in [2.24, 2.45) is 9.98 Å². The first-order valence-corrected chi connectivity index (χ1v) is 39.3. The highest BCUT2D eigenvalue weighted by molar-refractivity contribution is 6.17. The number of hydrogen-bond acceptors (Lipinski definition) is 2. The lowest BCUT2D eigenvalue weighted by Gasteiger charge is -2.51. The molecule has 0 unspecified atom stereocenters. The monoisotopic (exact) mass is 1380 g/mol. The molecule has 0 saturated heterocycles. The molecule has 12 aliphatic rings. The zero-order valence-corrected chi connectivity index (χ0v) is 62.2. The molecule has 518 valence electrons. The van der Waals surface area contributed by atoms with Crippen LogP contribution < -0.4 is 0 Å². The molecule has 8 bridgehead atoms. The Kier molecular flexibility index (Phi) is 13.5. The molecule has 0 spiro atoms. The number of nitrogens with zero attached hydrogens (tertiary/aromatic N) is 2. The van der Waals surface area contributed by atoms with Gasteiger partial charge in [-0.15, -0.1) is 0 Å². The molecule has 108 heavy (non-hydrogen) atoms. The maximum atomic E-state index is 6.19. The molecule has 0 aromatic heterocycles. The summed E-state index contributed by atoms with van der Waals surface area (Å²) in [6, 6.07) is 123. The first-order valence-electron chi connectivity index (χ1n) is 39.3. The third-order valence-electron chi connectivity index (χ3n) is 27.3. The Bertz CT molecular complexity index is 5040. The zero-order valence-electron chi connectivity index (χ0n) is 62.2. The van der Waals surface area contributed by atoms with Gasteiger partial charge in [-0.05, 0) is 203 Å². The van der Waals surface area contributed by atoms with Crippen LogP contribution in [0.5, 0.6) is 0 Å². The van der Waals surface area contributed by atoms with E-state index in [2.05, 4.69) is 369 Å². The largest absolute Gasteiger partial charge is 0.255 e. The normalized spacial score (nSPS) is 22.4. The van der Waals surface area contributed by atoms with E-state index in [0.29, 0.717) is 25.7 Å². The molecule has 0 aliphatic heterocycles. The highest BCUT2D eigenvalue weighted by Crippen LogP contribution is 2.66. The first-order chi connectivity index (χ1) is 52.8. The Labute approximate surface area is 635 Å². The van der Waals surface area contributed by atoms with Gasteiger partial charge in [-0.2, -0.15) is 0 Å².